The van der Waals surface area contributed by atoms with Gasteiger partial charge in [0.25, 0.3) is 0 Å². The average Bonchev–Trinajstić information content (AvgIpc) is 3.11. The summed E-state index contributed by atoms with van der Waals surface area (Å²) in [7, 11) is 1.91. The van der Waals surface area contributed by atoms with Crippen LogP contribution >= 0.6 is 0 Å². The Hall–Kier alpha value is -3.12. The van der Waals surface area contributed by atoms with Crippen LogP contribution in [0.5, 0.6) is 5.75 Å². The predicted molar refractivity (Wildman–Crippen MR) is 124 cm³/mol. The molecule has 2 aromatic carbocycles. The van der Waals surface area contributed by atoms with Crippen LogP contribution in [-0.2, 0) is 20.0 Å². The van der Waals surface area contributed by atoms with Crippen molar-refractivity contribution in [3.05, 3.63) is 57.9 Å². The molecule has 6 heteroatoms. The molecule has 2 heterocycles. The molecule has 0 atom stereocenters. The first-order valence-corrected chi connectivity index (χ1v) is 11.0. The highest BCUT2D eigenvalue weighted by molar-refractivity contribution is 5.87. The van der Waals surface area contributed by atoms with Gasteiger partial charge < -0.3 is 19.0 Å². The summed E-state index contributed by atoms with van der Waals surface area (Å²) in [5, 5.41) is 11.5. The zero-order valence-electron chi connectivity index (χ0n) is 18.7. The van der Waals surface area contributed by atoms with Crippen molar-refractivity contribution in [2.45, 2.75) is 40.2 Å². The van der Waals surface area contributed by atoms with Crippen LogP contribution in [-0.4, -0.2) is 27.7 Å². The maximum Gasteiger partial charge on any atom is 0.203 e. The zero-order valence-corrected chi connectivity index (χ0v) is 18.7. The second kappa shape index (κ2) is 8.55. The van der Waals surface area contributed by atoms with Crippen LogP contribution in [0.2, 0.25) is 0 Å². The Morgan fingerprint density at radius 1 is 1.16 bits per heavy atom. The Morgan fingerprint density at radius 3 is 2.58 bits per heavy atom. The van der Waals surface area contributed by atoms with Crippen molar-refractivity contribution >= 4 is 22.0 Å². The Labute approximate surface area is 181 Å². The SMILES string of the molecule is CCCc1cc2c(=O)c(-c3nc4ccccc4n3C)coc2c(C[NH+](CC)CC)c1O. The smallest absolute Gasteiger partial charge is 0.203 e. The van der Waals surface area contributed by atoms with Gasteiger partial charge in [0.05, 0.1) is 35.1 Å². The fraction of sp³-hybridized carbons (Fsp3) is 0.360. The van der Waals surface area contributed by atoms with E-state index in [-0.39, 0.29) is 11.2 Å². The third kappa shape index (κ3) is 3.61. The van der Waals surface area contributed by atoms with Gasteiger partial charge in [-0.15, -0.1) is 0 Å². The van der Waals surface area contributed by atoms with Crippen LogP contribution in [0.25, 0.3) is 33.4 Å². The lowest BCUT2D eigenvalue weighted by Gasteiger charge is -2.18. The number of benzene rings is 2. The number of phenols is 1. The summed E-state index contributed by atoms with van der Waals surface area (Å²) < 4.78 is 7.96. The molecular formula is C25H30N3O3+. The summed E-state index contributed by atoms with van der Waals surface area (Å²) in [6.07, 6.45) is 3.08. The van der Waals surface area contributed by atoms with E-state index >= 15 is 0 Å². The van der Waals surface area contributed by atoms with Gasteiger partial charge in [-0.1, -0.05) is 25.5 Å². The maximum absolute atomic E-state index is 13.6. The Morgan fingerprint density at radius 2 is 1.90 bits per heavy atom. The van der Waals surface area contributed by atoms with Gasteiger partial charge in [0.15, 0.2) is 0 Å². The first-order chi connectivity index (χ1) is 15.0. The molecule has 0 saturated heterocycles. The molecule has 0 unspecified atom stereocenters. The van der Waals surface area contributed by atoms with E-state index in [1.807, 2.05) is 35.9 Å². The van der Waals surface area contributed by atoms with E-state index in [9.17, 15) is 9.90 Å². The van der Waals surface area contributed by atoms with Gasteiger partial charge in [-0.25, -0.2) is 4.98 Å². The number of aromatic hydroxyl groups is 1. The number of phenolic OH excluding ortho intramolecular Hbond substituents is 1. The summed E-state index contributed by atoms with van der Waals surface area (Å²) >= 11 is 0. The summed E-state index contributed by atoms with van der Waals surface area (Å²) in [6.45, 7) is 8.77. The van der Waals surface area contributed by atoms with Crippen molar-refractivity contribution in [2.75, 3.05) is 13.1 Å². The first kappa shape index (κ1) is 21.1. The molecule has 0 aliphatic carbocycles. The van der Waals surface area contributed by atoms with Crippen molar-refractivity contribution in [1.82, 2.24) is 9.55 Å². The minimum atomic E-state index is -0.118. The largest absolute Gasteiger partial charge is 0.507 e. The van der Waals surface area contributed by atoms with Gasteiger partial charge in [-0.3, -0.25) is 4.79 Å². The van der Waals surface area contributed by atoms with E-state index in [1.54, 1.807) is 6.07 Å². The third-order valence-electron chi connectivity index (χ3n) is 6.19. The Bertz CT molecular complexity index is 1300. The molecule has 0 spiro atoms. The van der Waals surface area contributed by atoms with E-state index in [0.29, 0.717) is 40.9 Å². The van der Waals surface area contributed by atoms with Gasteiger partial charge in [0.1, 0.15) is 35.5 Å². The Kier molecular flexibility index (Phi) is 5.83. The number of aryl methyl sites for hydroxylation is 2. The van der Waals surface area contributed by atoms with Crippen LogP contribution in [0.15, 0.2) is 45.8 Å². The number of hydrogen-bond donors (Lipinski definition) is 2. The van der Waals surface area contributed by atoms with Crippen LogP contribution in [0.3, 0.4) is 0 Å². The van der Waals surface area contributed by atoms with Crippen molar-refractivity contribution in [3.8, 4) is 17.1 Å². The summed E-state index contributed by atoms with van der Waals surface area (Å²) in [5.74, 6) is 0.838. The number of fused-ring (bicyclic) bond motifs is 2. The van der Waals surface area contributed by atoms with Crippen molar-refractivity contribution in [3.63, 3.8) is 0 Å². The lowest BCUT2D eigenvalue weighted by molar-refractivity contribution is -0.910. The van der Waals surface area contributed by atoms with Crippen molar-refractivity contribution in [2.24, 2.45) is 7.05 Å². The molecule has 31 heavy (non-hydrogen) atoms. The van der Waals surface area contributed by atoms with Gasteiger partial charge >= 0.3 is 0 Å². The normalized spacial score (nSPS) is 11.8. The molecule has 0 aliphatic heterocycles. The number of nitrogens with one attached hydrogen (secondary N) is 1. The lowest BCUT2D eigenvalue weighted by atomic mass is 9.99. The number of nitrogens with zero attached hydrogens (tertiary/aromatic N) is 2. The monoisotopic (exact) mass is 420 g/mol. The summed E-state index contributed by atoms with van der Waals surface area (Å²) in [4.78, 5) is 19.6. The number of hydrogen-bond acceptors (Lipinski definition) is 4. The number of aromatic nitrogens is 2. The molecule has 0 bridgehead atoms. The molecule has 0 radical (unpaired) electrons. The van der Waals surface area contributed by atoms with E-state index in [4.69, 9.17) is 4.42 Å². The Balaban J connectivity index is 1.97. The highest BCUT2D eigenvalue weighted by Gasteiger charge is 2.23. The number of para-hydroxylation sites is 2. The minimum Gasteiger partial charge on any atom is -0.507 e. The summed E-state index contributed by atoms with van der Waals surface area (Å²) in [5.41, 5.74) is 4.10. The van der Waals surface area contributed by atoms with Crippen LogP contribution in [0.4, 0.5) is 0 Å². The minimum absolute atomic E-state index is 0.118. The van der Waals surface area contributed by atoms with Gasteiger partial charge in [0.2, 0.25) is 5.43 Å². The van der Waals surface area contributed by atoms with Crippen molar-refractivity contribution in [1.29, 1.82) is 0 Å². The third-order valence-corrected chi connectivity index (χ3v) is 6.19. The molecular weight excluding hydrogens is 390 g/mol. The average molecular weight is 421 g/mol. The van der Waals surface area contributed by atoms with Crippen LogP contribution in [0, 0.1) is 0 Å². The molecule has 2 N–H and O–H groups in total. The molecule has 4 rings (SSSR count). The molecule has 6 nitrogen and oxygen atoms in total. The molecule has 162 valence electrons. The number of rotatable bonds is 7. The molecule has 4 aromatic rings. The van der Waals surface area contributed by atoms with Gasteiger partial charge in [0, 0.05) is 7.05 Å². The molecule has 0 fully saturated rings. The standard InChI is InChI=1S/C25H29N3O3/c1-5-10-16-13-17-23(30)19(25-26-20-11-8-9-12-21(20)27(25)4)15-31-24(17)18(22(16)29)14-28(6-2)7-3/h8-9,11-13,15,29H,5-7,10,14H2,1-4H3/p+1. The maximum atomic E-state index is 13.6. The van der Waals surface area contributed by atoms with Gasteiger partial charge in [-0.05, 0) is 44.0 Å². The molecule has 2 aromatic heterocycles. The highest BCUT2D eigenvalue weighted by Crippen LogP contribution is 2.32. The zero-order chi connectivity index (χ0) is 22.1. The fourth-order valence-corrected chi connectivity index (χ4v) is 4.31. The fourth-order valence-electron chi connectivity index (χ4n) is 4.31. The molecule has 0 saturated carbocycles. The predicted octanol–water partition coefficient (Wildman–Crippen LogP) is 3.43. The van der Waals surface area contributed by atoms with Crippen LogP contribution < -0.4 is 10.3 Å². The van der Waals surface area contributed by atoms with E-state index in [0.717, 1.165) is 36.1 Å². The summed E-state index contributed by atoms with van der Waals surface area (Å²) in [6, 6.07) is 9.61. The lowest BCUT2D eigenvalue weighted by Crippen LogP contribution is -3.10. The molecule has 0 amide bonds. The van der Waals surface area contributed by atoms with E-state index in [1.165, 1.54) is 11.2 Å². The number of quaternary nitrogens is 1. The first-order valence-electron chi connectivity index (χ1n) is 11.0. The van der Waals surface area contributed by atoms with E-state index < -0.39 is 0 Å². The second-order valence-corrected chi connectivity index (χ2v) is 8.09. The highest BCUT2D eigenvalue weighted by atomic mass is 16.3. The number of imidazole rings is 1. The van der Waals surface area contributed by atoms with Crippen molar-refractivity contribution < 1.29 is 14.4 Å². The van der Waals surface area contributed by atoms with E-state index in [2.05, 4.69) is 25.8 Å². The topological polar surface area (TPSA) is 72.7 Å². The molecule has 0 aliphatic rings. The van der Waals surface area contributed by atoms with Gasteiger partial charge in [-0.2, -0.15) is 0 Å². The second-order valence-electron chi connectivity index (χ2n) is 8.09. The van der Waals surface area contributed by atoms with Crippen LogP contribution in [0.1, 0.15) is 38.3 Å². The quantitative estimate of drug-likeness (QED) is 0.480.